The van der Waals surface area contributed by atoms with Crippen molar-refractivity contribution in [2.24, 2.45) is 0 Å². The number of hydrogen-bond donors (Lipinski definition) is 2. The van der Waals surface area contributed by atoms with Crippen molar-refractivity contribution < 1.29 is 18.7 Å². The van der Waals surface area contributed by atoms with Crippen molar-refractivity contribution in [2.75, 3.05) is 23.7 Å². The number of nitrogens with one attached hydrogen (secondary N) is 1. The van der Waals surface area contributed by atoms with Gasteiger partial charge in [-0.1, -0.05) is 12.1 Å². The lowest BCUT2D eigenvalue weighted by Crippen LogP contribution is -2.42. The number of nitrogens with two attached hydrogens (primary N) is 1. The van der Waals surface area contributed by atoms with E-state index in [0.29, 0.717) is 18.0 Å². The first-order valence-electron chi connectivity index (χ1n) is 10.2. The van der Waals surface area contributed by atoms with Crippen molar-refractivity contribution in [3.8, 4) is 11.5 Å². The molecule has 1 fully saturated rings. The van der Waals surface area contributed by atoms with Gasteiger partial charge in [-0.15, -0.1) is 0 Å². The van der Waals surface area contributed by atoms with Gasteiger partial charge in [-0.2, -0.15) is 0 Å². The first-order chi connectivity index (χ1) is 14.2. The Bertz CT molecular complexity index is 911. The molecule has 1 amide bonds. The standard InChI is InChI=1S/C23H30FN3O3/c1-15-19(29-20-10-6-5-9-17(20)24)12-11-18(25)21(15)27-13-7-8-16(27)14-26-22(28)30-23(2,3)4/h5-6,9-12,16H,7-8,13-14,25H2,1-4H3,(H,26,28)/t16-/m1/s1. The smallest absolute Gasteiger partial charge is 0.407 e. The molecule has 1 atom stereocenters. The summed E-state index contributed by atoms with van der Waals surface area (Å²) in [5, 5.41) is 2.86. The van der Waals surface area contributed by atoms with E-state index in [4.69, 9.17) is 15.2 Å². The van der Waals surface area contributed by atoms with Crippen LogP contribution in [0.4, 0.5) is 20.6 Å². The van der Waals surface area contributed by atoms with Crippen LogP contribution in [-0.4, -0.2) is 30.8 Å². The molecule has 1 saturated heterocycles. The summed E-state index contributed by atoms with van der Waals surface area (Å²) >= 11 is 0. The number of benzene rings is 2. The number of nitrogens with zero attached hydrogens (tertiary/aromatic N) is 1. The molecule has 2 aromatic rings. The van der Waals surface area contributed by atoms with E-state index in [1.54, 1.807) is 30.3 Å². The Kier molecular flexibility index (Phi) is 6.39. The molecular formula is C23H30FN3O3. The molecule has 0 aromatic heterocycles. The van der Waals surface area contributed by atoms with Crippen LogP contribution < -0.4 is 20.7 Å². The summed E-state index contributed by atoms with van der Waals surface area (Å²) in [6.45, 7) is 8.68. The number of ether oxygens (including phenoxy) is 2. The molecule has 0 spiro atoms. The molecule has 6 nitrogen and oxygen atoms in total. The second-order valence-corrected chi connectivity index (χ2v) is 8.53. The zero-order chi connectivity index (χ0) is 21.9. The van der Waals surface area contributed by atoms with Gasteiger partial charge in [0.05, 0.1) is 11.4 Å². The molecule has 1 heterocycles. The van der Waals surface area contributed by atoms with Crippen LogP contribution in [0, 0.1) is 12.7 Å². The highest BCUT2D eigenvalue weighted by Crippen LogP contribution is 2.39. The molecule has 162 valence electrons. The van der Waals surface area contributed by atoms with E-state index in [-0.39, 0.29) is 11.8 Å². The Morgan fingerprint density at radius 2 is 1.97 bits per heavy atom. The maximum absolute atomic E-state index is 14.0. The summed E-state index contributed by atoms with van der Waals surface area (Å²) in [4.78, 5) is 14.2. The highest BCUT2D eigenvalue weighted by Gasteiger charge is 2.29. The van der Waals surface area contributed by atoms with Gasteiger partial charge in [-0.25, -0.2) is 9.18 Å². The minimum Gasteiger partial charge on any atom is -0.454 e. The number of carbonyl (C=O) groups is 1. The number of anilines is 2. The quantitative estimate of drug-likeness (QED) is 0.672. The van der Waals surface area contributed by atoms with Crippen LogP contribution in [0.1, 0.15) is 39.2 Å². The predicted molar refractivity (Wildman–Crippen MR) is 117 cm³/mol. The molecular weight excluding hydrogens is 385 g/mol. The van der Waals surface area contributed by atoms with E-state index in [9.17, 15) is 9.18 Å². The molecule has 0 saturated carbocycles. The monoisotopic (exact) mass is 415 g/mol. The van der Waals surface area contributed by atoms with Crippen LogP contribution in [0.3, 0.4) is 0 Å². The Balaban J connectivity index is 1.78. The number of amides is 1. The van der Waals surface area contributed by atoms with Crippen molar-refractivity contribution >= 4 is 17.5 Å². The SMILES string of the molecule is Cc1c(Oc2ccccc2F)ccc(N)c1N1CCC[C@@H]1CNC(=O)OC(C)(C)C. The van der Waals surface area contributed by atoms with E-state index in [2.05, 4.69) is 10.2 Å². The molecule has 3 rings (SSSR count). The summed E-state index contributed by atoms with van der Waals surface area (Å²) in [7, 11) is 0. The fourth-order valence-electron chi connectivity index (χ4n) is 3.70. The van der Waals surface area contributed by atoms with E-state index < -0.39 is 17.5 Å². The van der Waals surface area contributed by atoms with Crippen molar-refractivity contribution in [1.29, 1.82) is 0 Å². The van der Waals surface area contributed by atoms with Crippen LogP contribution in [0.25, 0.3) is 0 Å². The minimum atomic E-state index is -0.543. The molecule has 1 aliphatic rings. The summed E-state index contributed by atoms with van der Waals surface area (Å²) < 4.78 is 25.2. The lowest BCUT2D eigenvalue weighted by atomic mass is 10.1. The first kappa shape index (κ1) is 21.7. The van der Waals surface area contributed by atoms with Gasteiger partial charge in [0.2, 0.25) is 0 Å². The zero-order valence-electron chi connectivity index (χ0n) is 18.0. The Hall–Kier alpha value is -2.96. The zero-order valence-corrected chi connectivity index (χ0v) is 18.0. The highest BCUT2D eigenvalue weighted by atomic mass is 19.1. The largest absolute Gasteiger partial charge is 0.454 e. The number of alkyl carbamates (subject to hydrolysis) is 1. The van der Waals surface area contributed by atoms with Gasteiger partial charge < -0.3 is 25.4 Å². The van der Waals surface area contributed by atoms with Gasteiger partial charge in [0.1, 0.15) is 11.4 Å². The maximum Gasteiger partial charge on any atom is 0.407 e. The lowest BCUT2D eigenvalue weighted by molar-refractivity contribution is 0.0525. The molecule has 1 aliphatic heterocycles. The lowest BCUT2D eigenvalue weighted by Gasteiger charge is -2.30. The summed E-state index contributed by atoms with van der Waals surface area (Å²) in [6, 6.07) is 9.92. The topological polar surface area (TPSA) is 76.8 Å². The third-order valence-electron chi connectivity index (χ3n) is 5.01. The molecule has 0 unspecified atom stereocenters. The molecule has 3 N–H and O–H groups in total. The Labute approximate surface area is 177 Å². The third kappa shape index (κ3) is 5.14. The fraction of sp³-hybridized carbons (Fsp3) is 0.435. The van der Waals surface area contributed by atoms with Crippen LogP contribution in [0.15, 0.2) is 36.4 Å². The predicted octanol–water partition coefficient (Wildman–Crippen LogP) is 5.00. The average molecular weight is 416 g/mol. The van der Waals surface area contributed by atoms with Crippen LogP contribution in [0.2, 0.25) is 0 Å². The van der Waals surface area contributed by atoms with Gasteiger partial charge >= 0.3 is 6.09 Å². The van der Waals surface area contributed by atoms with Gasteiger partial charge in [-0.3, -0.25) is 0 Å². The molecule has 0 aliphatic carbocycles. The second-order valence-electron chi connectivity index (χ2n) is 8.53. The average Bonchev–Trinajstić information content (AvgIpc) is 3.11. The number of rotatable bonds is 5. The van der Waals surface area contributed by atoms with Gasteiger partial charge in [-0.05, 0) is 64.8 Å². The molecule has 7 heteroatoms. The van der Waals surface area contributed by atoms with Crippen molar-refractivity contribution in [3.63, 3.8) is 0 Å². The third-order valence-corrected chi connectivity index (χ3v) is 5.01. The molecule has 0 radical (unpaired) electrons. The van der Waals surface area contributed by atoms with Crippen LogP contribution >= 0.6 is 0 Å². The van der Waals surface area contributed by atoms with E-state index >= 15 is 0 Å². The highest BCUT2D eigenvalue weighted by molar-refractivity contribution is 5.75. The van der Waals surface area contributed by atoms with E-state index in [1.807, 2.05) is 27.7 Å². The summed E-state index contributed by atoms with van der Waals surface area (Å²) in [5.74, 6) is 0.298. The van der Waals surface area contributed by atoms with Crippen molar-refractivity contribution in [2.45, 2.75) is 52.2 Å². The summed E-state index contributed by atoms with van der Waals surface area (Å²) in [6.07, 6.45) is 1.47. The fourth-order valence-corrected chi connectivity index (χ4v) is 3.70. The van der Waals surface area contributed by atoms with E-state index in [1.165, 1.54) is 6.07 Å². The molecule has 30 heavy (non-hydrogen) atoms. The number of carbonyl (C=O) groups excluding carboxylic acids is 1. The maximum atomic E-state index is 14.0. The van der Waals surface area contributed by atoms with E-state index in [0.717, 1.165) is 30.6 Å². The van der Waals surface area contributed by atoms with Crippen LogP contribution in [0.5, 0.6) is 11.5 Å². The second kappa shape index (κ2) is 8.81. The number of halogens is 1. The summed E-state index contributed by atoms with van der Waals surface area (Å²) in [5.41, 5.74) is 8.09. The first-order valence-corrected chi connectivity index (χ1v) is 10.2. The molecule has 2 aromatic carbocycles. The number of nitrogen functional groups attached to an aromatic ring is 1. The minimum absolute atomic E-state index is 0.0854. The number of para-hydroxylation sites is 1. The Morgan fingerprint density at radius 3 is 2.67 bits per heavy atom. The van der Waals surface area contributed by atoms with Crippen molar-refractivity contribution in [1.82, 2.24) is 5.32 Å². The number of hydrogen-bond acceptors (Lipinski definition) is 5. The van der Waals surface area contributed by atoms with Gasteiger partial charge in [0, 0.05) is 24.7 Å². The normalized spacial score (nSPS) is 16.4. The van der Waals surface area contributed by atoms with Crippen LogP contribution in [-0.2, 0) is 4.74 Å². The molecule has 0 bridgehead atoms. The van der Waals surface area contributed by atoms with Gasteiger partial charge in [0.15, 0.2) is 11.6 Å². The Morgan fingerprint density at radius 1 is 1.23 bits per heavy atom. The van der Waals surface area contributed by atoms with Crippen molar-refractivity contribution in [3.05, 3.63) is 47.8 Å². The van der Waals surface area contributed by atoms with Gasteiger partial charge in [0.25, 0.3) is 0 Å².